The maximum Gasteiger partial charge on any atom is 0.338 e. The summed E-state index contributed by atoms with van der Waals surface area (Å²) in [7, 11) is 0. The van der Waals surface area contributed by atoms with Crippen LogP contribution in [0.3, 0.4) is 0 Å². The van der Waals surface area contributed by atoms with E-state index in [2.05, 4.69) is 4.98 Å². The molecule has 0 radical (unpaired) electrons. The first-order valence-electron chi connectivity index (χ1n) is 6.80. The first-order chi connectivity index (χ1) is 9.68. The predicted molar refractivity (Wildman–Crippen MR) is 78.8 cm³/mol. The molecule has 0 saturated heterocycles. The molecule has 0 aliphatic carbocycles. The highest BCUT2D eigenvalue weighted by molar-refractivity contribution is 5.91. The number of benzene rings is 1. The number of pyridine rings is 1. The second-order valence-corrected chi connectivity index (χ2v) is 4.84. The van der Waals surface area contributed by atoms with Crippen LogP contribution >= 0.6 is 0 Å². The predicted octanol–water partition coefficient (Wildman–Crippen LogP) is 3.49. The quantitative estimate of drug-likeness (QED) is 0.616. The largest absolute Gasteiger partial charge is 0.462 e. The van der Waals surface area contributed by atoms with Crippen molar-refractivity contribution >= 4 is 5.97 Å². The van der Waals surface area contributed by atoms with Gasteiger partial charge in [-0.15, -0.1) is 0 Å². The molecule has 20 heavy (non-hydrogen) atoms. The number of nitrogens with zero attached hydrogens (tertiary/aromatic N) is 1. The number of carbonyl (C=O) groups is 1. The molecule has 3 heteroatoms. The number of rotatable bonds is 5. The summed E-state index contributed by atoms with van der Waals surface area (Å²) in [4.78, 5) is 16.0. The van der Waals surface area contributed by atoms with Crippen LogP contribution in [0.5, 0.6) is 0 Å². The van der Waals surface area contributed by atoms with Gasteiger partial charge < -0.3 is 4.74 Å². The fraction of sp³-hybridized carbons (Fsp3) is 0.294. The zero-order valence-electron chi connectivity index (χ0n) is 11.9. The van der Waals surface area contributed by atoms with Crippen molar-refractivity contribution in [3.8, 4) is 0 Å². The molecule has 0 N–H and O–H groups in total. The van der Waals surface area contributed by atoms with Gasteiger partial charge in [0.15, 0.2) is 0 Å². The van der Waals surface area contributed by atoms with Gasteiger partial charge in [-0.1, -0.05) is 12.1 Å². The van der Waals surface area contributed by atoms with Gasteiger partial charge >= 0.3 is 5.97 Å². The first-order valence-corrected chi connectivity index (χ1v) is 6.80. The summed E-state index contributed by atoms with van der Waals surface area (Å²) < 4.78 is 5.33. The van der Waals surface area contributed by atoms with Gasteiger partial charge in [0.05, 0.1) is 12.2 Å². The van der Waals surface area contributed by atoms with Gasteiger partial charge in [-0.2, -0.15) is 0 Å². The summed E-state index contributed by atoms with van der Waals surface area (Å²) in [5.74, 6) is -0.235. The van der Waals surface area contributed by atoms with Gasteiger partial charge in [0.25, 0.3) is 0 Å². The third-order valence-electron chi connectivity index (χ3n) is 3.42. The van der Waals surface area contributed by atoms with Gasteiger partial charge in [-0.05, 0) is 61.6 Å². The van der Waals surface area contributed by atoms with E-state index in [4.69, 9.17) is 4.74 Å². The molecule has 1 aromatic heterocycles. The number of aryl methyl sites for hydroxylation is 2. The third-order valence-corrected chi connectivity index (χ3v) is 3.42. The average molecular weight is 269 g/mol. The summed E-state index contributed by atoms with van der Waals surface area (Å²) in [5.41, 5.74) is 3.97. The van der Waals surface area contributed by atoms with Crippen LogP contribution in [0.4, 0.5) is 0 Å². The van der Waals surface area contributed by atoms with Crippen molar-refractivity contribution in [3.05, 3.63) is 65.0 Å². The minimum Gasteiger partial charge on any atom is -0.462 e. The van der Waals surface area contributed by atoms with E-state index in [-0.39, 0.29) is 5.97 Å². The molecule has 104 valence electrons. The number of hydrogen-bond donors (Lipinski definition) is 0. The van der Waals surface area contributed by atoms with Crippen molar-refractivity contribution in [2.24, 2.45) is 0 Å². The van der Waals surface area contributed by atoms with Gasteiger partial charge in [0.1, 0.15) is 0 Å². The lowest BCUT2D eigenvalue weighted by Gasteiger charge is -2.08. The average Bonchev–Trinajstić information content (AvgIpc) is 2.47. The number of ether oxygens (including phenoxy) is 1. The third kappa shape index (κ3) is 3.67. The number of esters is 1. The Bertz CT molecular complexity index is 579. The Hall–Kier alpha value is -2.16. The minimum absolute atomic E-state index is 0.235. The van der Waals surface area contributed by atoms with Gasteiger partial charge in [0.2, 0.25) is 0 Å². The van der Waals surface area contributed by atoms with E-state index in [9.17, 15) is 4.79 Å². The van der Waals surface area contributed by atoms with Crippen molar-refractivity contribution in [2.45, 2.75) is 26.7 Å². The molecule has 0 unspecified atom stereocenters. The Balaban J connectivity index is 1.82. The van der Waals surface area contributed by atoms with E-state index >= 15 is 0 Å². The number of carbonyl (C=O) groups excluding carboxylic acids is 1. The van der Waals surface area contributed by atoms with Crippen molar-refractivity contribution in [3.63, 3.8) is 0 Å². The highest BCUT2D eigenvalue weighted by atomic mass is 16.5. The topological polar surface area (TPSA) is 39.2 Å². The molecule has 3 nitrogen and oxygen atoms in total. The molecule has 1 heterocycles. The van der Waals surface area contributed by atoms with E-state index in [0.717, 1.165) is 24.0 Å². The van der Waals surface area contributed by atoms with E-state index in [1.807, 2.05) is 44.2 Å². The maximum absolute atomic E-state index is 12.0. The van der Waals surface area contributed by atoms with Gasteiger partial charge in [-0.3, -0.25) is 4.98 Å². The Labute approximate surface area is 119 Å². The molecule has 2 rings (SSSR count). The van der Waals surface area contributed by atoms with Crippen LogP contribution in [0.15, 0.2) is 42.7 Å². The van der Waals surface area contributed by atoms with Crippen LogP contribution < -0.4 is 0 Å². The second kappa shape index (κ2) is 6.85. The maximum atomic E-state index is 12.0. The van der Waals surface area contributed by atoms with E-state index in [1.54, 1.807) is 12.4 Å². The molecule has 0 aliphatic heterocycles. The molecule has 0 fully saturated rings. The standard InChI is InChI=1S/C17H19NO2/c1-13-5-3-7-16(14(13)2)17(19)20-12-4-6-15-8-10-18-11-9-15/h3,5,7-11H,4,6,12H2,1-2H3. The van der Waals surface area contributed by atoms with Crippen molar-refractivity contribution in [1.82, 2.24) is 4.98 Å². The van der Waals surface area contributed by atoms with E-state index in [1.165, 1.54) is 5.56 Å². The van der Waals surface area contributed by atoms with Crippen LogP contribution in [-0.4, -0.2) is 17.6 Å². The smallest absolute Gasteiger partial charge is 0.338 e. The zero-order valence-corrected chi connectivity index (χ0v) is 11.9. The van der Waals surface area contributed by atoms with Crippen molar-refractivity contribution in [1.29, 1.82) is 0 Å². The molecule has 0 bridgehead atoms. The van der Waals surface area contributed by atoms with Crippen LogP contribution in [0.25, 0.3) is 0 Å². The summed E-state index contributed by atoms with van der Waals surface area (Å²) in [5, 5.41) is 0. The van der Waals surface area contributed by atoms with Crippen molar-refractivity contribution < 1.29 is 9.53 Å². The van der Waals surface area contributed by atoms with Crippen LogP contribution in [0.2, 0.25) is 0 Å². The van der Waals surface area contributed by atoms with Crippen molar-refractivity contribution in [2.75, 3.05) is 6.61 Å². The van der Waals surface area contributed by atoms with E-state index in [0.29, 0.717) is 12.2 Å². The molecule has 0 aliphatic rings. The van der Waals surface area contributed by atoms with Crippen LogP contribution in [0, 0.1) is 13.8 Å². The zero-order chi connectivity index (χ0) is 14.4. The Kier molecular flexibility index (Phi) is 4.88. The monoisotopic (exact) mass is 269 g/mol. The Morgan fingerprint density at radius 2 is 1.90 bits per heavy atom. The molecule has 0 saturated carbocycles. The van der Waals surface area contributed by atoms with E-state index < -0.39 is 0 Å². The SMILES string of the molecule is Cc1cccc(C(=O)OCCCc2ccncc2)c1C. The molecule has 1 aromatic carbocycles. The molecular weight excluding hydrogens is 250 g/mol. The van der Waals surface area contributed by atoms with Gasteiger partial charge in [-0.25, -0.2) is 4.79 Å². The lowest BCUT2D eigenvalue weighted by atomic mass is 10.0. The Morgan fingerprint density at radius 3 is 2.65 bits per heavy atom. The Morgan fingerprint density at radius 1 is 1.15 bits per heavy atom. The summed E-state index contributed by atoms with van der Waals surface area (Å²) in [6, 6.07) is 9.65. The molecular formula is C17H19NO2. The minimum atomic E-state index is -0.235. The van der Waals surface area contributed by atoms with Crippen LogP contribution in [-0.2, 0) is 11.2 Å². The molecule has 0 atom stereocenters. The molecule has 2 aromatic rings. The highest BCUT2D eigenvalue weighted by Crippen LogP contribution is 2.14. The first kappa shape index (κ1) is 14.3. The lowest BCUT2D eigenvalue weighted by molar-refractivity contribution is 0.0499. The summed E-state index contributed by atoms with van der Waals surface area (Å²) in [6.45, 7) is 4.38. The fourth-order valence-electron chi connectivity index (χ4n) is 2.04. The molecule has 0 amide bonds. The second-order valence-electron chi connectivity index (χ2n) is 4.84. The summed E-state index contributed by atoms with van der Waals surface area (Å²) >= 11 is 0. The highest BCUT2D eigenvalue weighted by Gasteiger charge is 2.11. The fourth-order valence-corrected chi connectivity index (χ4v) is 2.04. The lowest BCUT2D eigenvalue weighted by Crippen LogP contribution is -2.09. The van der Waals surface area contributed by atoms with Gasteiger partial charge in [0, 0.05) is 12.4 Å². The number of aromatic nitrogens is 1. The molecule has 0 spiro atoms. The van der Waals surface area contributed by atoms with Crippen LogP contribution in [0.1, 0.15) is 33.5 Å². The number of hydrogen-bond acceptors (Lipinski definition) is 3. The summed E-state index contributed by atoms with van der Waals surface area (Å²) in [6.07, 6.45) is 5.26. The normalized spacial score (nSPS) is 10.3.